The fourth-order valence-electron chi connectivity index (χ4n) is 3.85. The molecule has 1 amide bonds. The molecule has 2 fully saturated rings. The number of aromatic nitrogens is 2. The van der Waals surface area contributed by atoms with Gasteiger partial charge in [-0.1, -0.05) is 11.6 Å². The Bertz CT molecular complexity index is 876. The number of nitrogens with one attached hydrogen (secondary N) is 1. The lowest BCUT2D eigenvalue weighted by atomic mass is 9.96. The van der Waals surface area contributed by atoms with E-state index in [0.29, 0.717) is 11.1 Å². The summed E-state index contributed by atoms with van der Waals surface area (Å²) in [4.78, 5) is 23.5. The molecule has 2 aromatic heterocycles. The standard InChI is InChI=1S/C20H25ClN4O2/c1-19(2,3)27-18(26)24-20(9-10-20)13-8-11-25(12-13)17-7-5-14-15(23-17)4-6-16(21)22-14/h4-7,13H,8-12H2,1-3H3,(H,24,26). The summed E-state index contributed by atoms with van der Waals surface area (Å²) in [5, 5.41) is 3.62. The van der Waals surface area contributed by atoms with Crippen LogP contribution in [0.25, 0.3) is 11.0 Å². The third-order valence-electron chi connectivity index (χ3n) is 5.33. The summed E-state index contributed by atoms with van der Waals surface area (Å²) in [7, 11) is 0. The predicted molar refractivity (Wildman–Crippen MR) is 106 cm³/mol. The topological polar surface area (TPSA) is 67.3 Å². The van der Waals surface area contributed by atoms with Gasteiger partial charge < -0.3 is 15.0 Å². The molecule has 144 valence electrons. The van der Waals surface area contributed by atoms with Gasteiger partial charge in [-0.2, -0.15) is 0 Å². The number of rotatable bonds is 3. The second kappa shape index (κ2) is 6.51. The summed E-state index contributed by atoms with van der Waals surface area (Å²) < 4.78 is 5.45. The van der Waals surface area contributed by atoms with Crippen LogP contribution in [0.3, 0.4) is 0 Å². The summed E-state index contributed by atoms with van der Waals surface area (Å²) in [5.41, 5.74) is 1.04. The van der Waals surface area contributed by atoms with Crippen LogP contribution in [-0.4, -0.2) is 40.3 Å². The molecule has 6 nitrogen and oxygen atoms in total. The van der Waals surface area contributed by atoms with Gasteiger partial charge in [-0.05, 0) is 64.3 Å². The first kappa shape index (κ1) is 18.3. The van der Waals surface area contributed by atoms with Gasteiger partial charge in [-0.3, -0.25) is 0 Å². The quantitative estimate of drug-likeness (QED) is 0.799. The van der Waals surface area contributed by atoms with Gasteiger partial charge in [0, 0.05) is 24.5 Å². The molecule has 0 radical (unpaired) electrons. The van der Waals surface area contributed by atoms with E-state index < -0.39 is 5.60 Å². The first-order chi connectivity index (χ1) is 12.7. The van der Waals surface area contributed by atoms with Crippen LogP contribution in [0.15, 0.2) is 24.3 Å². The number of fused-ring (bicyclic) bond motifs is 1. The number of carbonyl (C=O) groups excluding carboxylic acids is 1. The largest absolute Gasteiger partial charge is 0.444 e. The van der Waals surface area contributed by atoms with Crippen molar-refractivity contribution in [3.63, 3.8) is 0 Å². The van der Waals surface area contributed by atoms with E-state index in [0.717, 1.165) is 49.2 Å². The number of carbonyl (C=O) groups is 1. The van der Waals surface area contributed by atoms with E-state index in [1.54, 1.807) is 6.07 Å². The minimum atomic E-state index is -0.478. The van der Waals surface area contributed by atoms with Gasteiger partial charge in [-0.25, -0.2) is 14.8 Å². The van der Waals surface area contributed by atoms with E-state index in [9.17, 15) is 4.79 Å². The molecule has 0 aromatic carbocycles. The molecule has 0 spiro atoms. The van der Waals surface area contributed by atoms with Crippen molar-refractivity contribution in [2.75, 3.05) is 18.0 Å². The fourth-order valence-corrected chi connectivity index (χ4v) is 4.00. The van der Waals surface area contributed by atoms with Crippen LogP contribution in [-0.2, 0) is 4.74 Å². The minimum absolute atomic E-state index is 0.122. The maximum absolute atomic E-state index is 12.2. The number of halogens is 1. The third kappa shape index (κ3) is 3.95. The van der Waals surface area contributed by atoms with Gasteiger partial charge in [0.05, 0.1) is 11.0 Å². The Morgan fingerprint density at radius 3 is 2.63 bits per heavy atom. The zero-order valence-electron chi connectivity index (χ0n) is 16.0. The van der Waals surface area contributed by atoms with Crippen LogP contribution in [0.4, 0.5) is 10.6 Å². The zero-order chi connectivity index (χ0) is 19.2. The van der Waals surface area contributed by atoms with E-state index in [1.165, 1.54) is 0 Å². The van der Waals surface area contributed by atoms with Crippen molar-refractivity contribution in [2.24, 2.45) is 5.92 Å². The van der Waals surface area contributed by atoms with Crippen LogP contribution in [0.5, 0.6) is 0 Å². The zero-order valence-corrected chi connectivity index (χ0v) is 16.7. The number of amides is 1. The molecular weight excluding hydrogens is 364 g/mol. The first-order valence-electron chi connectivity index (χ1n) is 9.44. The molecule has 0 bridgehead atoms. The highest BCUT2D eigenvalue weighted by molar-refractivity contribution is 6.29. The van der Waals surface area contributed by atoms with E-state index in [4.69, 9.17) is 21.3 Å². The Balaban J connectivity index is 1.44. The van der Waals surface area contributed by atoms with E-state index in [1.807, 2.05) is 39.0 Å². The monoisotopic (exact) mass is 388 g/mol. The predicted octanol–water partition coefficient (Wildman–Crippen LogP) is 4.17. The highest BCUT2D eigenvalue weighted by Gasteiger charge is 2.53. The summed E-state index contributed by atoms with van der Waals surface area (Å²) >= 11 is 5.95. The maximum atomic E-state index is 12.2. The van der Waals surface area contributed by atoms with Gasteiger partial charge in [0.25, 0.3) is 0 Å². The molecule has 7 heteroatoms. The number of alkyl carbamates (subject to hydrolysis) is 1. The molecule has 1 saturated heterocycles. The van der Waals surface area contributed by atoms with Crippen molar-refractivity contribution in [3.05, 3.63) is 29.4 Å². The molecule has 3 heterocycles. The Morgan fingerprint density at radius 2 is 1.93 bits per heavy atom. The van der Waals surface area contributed by atoms with Gasteiger partial charge in [0.15, 0.2) is 0 Å². The molecule has 2 aliphatic rings. The van der Waals surface area contributed by atoms with Gasteiger partial charge in [0.1, 0.15) is 16.6 Å². The van der Waals surface area contributed by atoms with Crippen LogP contribution in [0.1, 0.15) is 40.0 Å². The van der Waals surface area contributed by atoms with Crippen molar-refractivity contribution in [3.8, 4) is 0 Å². The minimum Gasteiger partial charge on any atom is -0.444 e. The molecule has 1 atom stereocenters. The number of pyridine rings is 2. The molecule has 1 saturated carbocycles. The number of hydrogen-bond acceptors (Lipinski definition) is 5. The van der Waals surface area contributed by atoms with Crippen molar-refractivity contribution in [1.29, 1.82) is 0 Å². The van der Waals surface area contributed by atoms with Crippen LogP contribution in [0.2, 0.25) is 5.15 Å². The smallest absolute Gasteiger partial charge is 0.408 e. The summed E-state index contributed by atoms with van der Waals surface area (Å²) in [6.07, 6.45) is 2.75. The lowest BCUT2D eigenvalue weighted by Crippen LogP contribution is -2.45. The Kier molecular flexibility index (Phi) is 4.41. The Labute approximate surface area is 164 Å². The molecule has 1 aliphatic carbocycles. The Morgan fingerprint density at radius 1 is 1.22 bits per heavy atom. The van der Waals surface area contributed by atoms with Gasteiger partial charge >= 0.3 is 6.09 Å². The second-order valence-electron chi connectivity index (χ2n) is 8.56. The van der Waals surface area contributed by atoms with Gasteiger partial charge in [0.2, 0.25) is 0 Å². The number of hydrogen-bond donors (Lipinski definition) is 1. The van der Waals surface area contributed by atoms with Crippen LogP contribution in [0, 0.1) is 5.92 Å². The summed E-state index contributed by atoms with van der Waals surface area (Å²) in [6, 6.07) is 7.61. The number of anilines is 1. The van der Waals surface area contributed by atoms with Crippen molar-refractivity contribution in [2.45, 2.75) is 51.2 Å². The molecular formula is C20H25ClN4O2. The normalized spacial score (nSPS) is 21.3. The highest BCUT2D eigenvalue weighted by atomic mass is 35.5. The number of nitrogens with zero attached hydrogens (tertiary/aromatic N) is 3. The van der Waals surface area contributed by atoms with E-state index in [-0.39, 0.29) is 11.6 Å². The first-order valence-corrected chi connectivity index (χ1v) is 9.81. The average Bonchev–Trinajstić information content (AvgIpc) is 3.17. The molecule has 27 heavy (non-hydrogen) atoms. The van der Waals surface area contributed by atoms with Crippen molar-refractivity contribution < 1.29 is 9.53 Å². The van der Waals surface area contributed by atoms with Gasteiger partial charge in [-0.15, -0.1) is 0 Å². The average molecular weight is 389 g/mol. The molecule has 1 unspecified atom stereocenters. The van der Waals surface area contributed by atoms with E-state index in [2.05, 4.69) is 15.2 Å². The molecule has 2 aromatic rings. The highest BCUT2D eigenvalue weighted by Crippen LogP contribution is 2.46. The van der Waals surface area contributed by atoms with Crippen molar-refractivity contribution >= 4 is 34.5 Å². The summed E-state index contributed by atoms with van der Waals surface area (Å²) in [6.45, 7) is 7.47. The van der Waals surface area contributed by atoms with Crippen LogP contribution >= 0.6 is 11.6 Å². The second-order valence-corrected chi connectivity index (χ2v) is 8.94. The molecule has 1 aliphatic heterocycles. The van der Waals surface area contributed by atoms with E-state index >= 15 is 0 Å². The van der Waals surface area contributed by atoms with Crippen LogP contribution < -0.4 is 10.2 Å². The molecule has 1 N–H and O–H groups in total. The molecule has 4 rings (SSSR count). The Hall–Kier alpha value is -2.08. The third-order valence-corrected chi connectivity index (χ3v) is 5.54. The van der Waals surface area contributed by atoms with Crippen molar-refractivity contribution in [1.82, 2.24) is 15.3 Å². The fraction of sp³-hybridized carbons (Fsp3) is 0.550. The lowest BCUT2D eigenvalue weighted by Gasteiger charge is -2.27. The SMILES string of the molecule is CC(C)(C)OC(=O)NC1(C2CCN(c3ccc4nc(Cl)ccc4n3)C2)CC1. The summed E-state index contributed by atoms with van der Waals surface area (Å²) in [5.74, 6) is 1.35. The number of ether oxygens (including phenoxy) is 1. The lowest BCUT2D eigenvalue weighted by molar-refractivity contribution is 0.0477. The maximum Gasteiger partial charge on any atom is 0.408 e.